The molecule has 1 aliphatic rings. The maximum Gasteiger partial charge on any atom is 0.254 e. The number of carbonyl (C=O) groups is 1. The molecule has 0 bridgehead atoms. The van der Waals surface area contributed by atoms with E-state index >= 15 is 0 Å². The third-order valence-corrected chi connectivity index (χ3v) is 5.14. The highest BCUT2D eigenvalue weighted by Crippen LogP contribution is 2.31. The molecule has 126 valence electrons. The number of halogens is 1. The number of pyridine rings is 1. The smallest absolute Gasteiger partial charge is 0.254 e. The van der Waals surface area contributed by atoms with E-state index in [9.17, 15) is 4.79 Å². The zero-order valence-electron chi connectivity index (χ0n) is 14.1. The Morgan fingerprint density at radius 3 is 2.72 bits per heavy atom. The number of amides is 1. The molecule has 0 spiro atoms. The molecule has 0 aliphatic heterocycles. The van der Waals surface area contributed by atoms with Crippen molar-refractivity contribution in [1.82, 2.24) is 9.88 Å². The summed E-state index contributed by atoms with van der Waals surface area (Å²) in [6.45, 7) is 0.835. The topological polar surface area (TPSA) is 33.2 Å². The Bertz CT molecular complexity index is 950. The van der Waals surface area contributed by atoms with E-state index in [1.807, 2.05) is 66.5 Å². The average Bonchev–Trinajstić information content (AvgIpc) is 3.44. The van der Waals surface area contributed by atoms with Crippen molar-refractivity contribution in [3.63, 3.8) is 0 Å². The SMILES string of the molecule is CN(CC1CC1)C(=O)c1cc(-c2cccc(Br)c2)nc2ccccc12. The summed E-state index contributed by atoms with van der Waals surface area (Å²) in [4.78, 5) is 19.7. The van der Waals surface area contributed by atoms with Crippen LogP contribution in [0.25, 0.3) is 22.2 Å². The largest absolute Gasteiger partial charge is 0.341 e. The molecular formula is C21H19BrN2O. The summed E-state index contributed by atoms with van der Waals surface area (Å²) >= 11 is 3.51. The zero-order chi connectivity index (χ0) is 17.4. The first-order valence-electron chi connectivity index (χ1n) is 8.53. The predicted molar refractivity (Wildman–Crippen MR) is 105 cm³/mol. The Morgan fingerprint density at radius 1 is 1.16 bits per heavy atom. The number of benzene rings is 2. The van der Waals surface area contributed by atoms with Crippen LogP contribution in [0, 0.1) is 5.92 Å². The number of nitrogens with zero attached hydrogens (tertiary/aromatic N) is 2. The van der Waals surface area contributed by atoms with E-state index in [4.69, 9.17) is 4.98 Å². The van der Waals surface area contributed by atoms with Gasteiger partial charge >= 0.3 is 0 Å². The number of fused-ring (bicyclic) bond motifs is 1. The van der Waals surface area contributed by atoms with Crippen LogP contribution >= 0.6 is 15.9 Å². The number of aromatic nitrogens is 1. The van der Waals surface area contributed by atoms with Crippen molar-refractivity contribution in [1.29, 1.82) is 0 Å². The fourth-order valence-corrected chi connectivity index (χ4v) is 3.52. The van der Waals surface area contributed by atoms with E-state index in [0.717, 1.165) is 38.7 Å². The molecule has 0 saturated heterocycles. The van der Waals surface area contributed by atoms with Gasteiger partial charge in [0.15, 0.2) is 0 Å². The predicted octanol–water partition coefficient (Wildman–Crippen LogP) is 5.15. The number of rotatable bonds is 4. The molecular weight excluding hydrogens is 376 g/mol. The second-order valence-corrected chi connectivity index (χ2v) is 7.63. The van der Waals surface area contributed by atoms with Crippen molar-refractivity contribution in [3.05, 3.63) is 64.6 Å². The van der Waals surface area contributed by atoms with Crippen LogP contribution < -0.4 is 0 Å². The summed E-state index contributed by atoms with van der Waals surface area (Å²) in [6.07, 6.45) is 2.47. The molecule has 1 aliphatic carbocycles. The summed E-state index contributed by atoms with van der Waals surface area (Å²) in [5.74, 6) is 0.744. The molecule has 4 rings (SSSR count). The lowest BCUT2D eigenvalue weighted by Gasteiger charge is -2.18. The molecule has 1 amide bonds. The van der Waals surface area contributed by atoms with Gasteiger partial charge in [0.25, 0.3) is 5.91 Å². The minimum absolute atomic E-state index is 0.0711. The summed E-state index contributed by atoms with van der Waals surface area (Å²) in [5.41, 5.74) is 3.40. The van der Waals surface area contributed by atoms with E-state index in [0.29, 0.717) is 5.92 Å². The molecule has 1 aromatic heterocycles. The number of hydrogen-bond donors (Lipinski definition) is 0. The fourth-order valence-electron chi connectivity index (χ4n) is 3.12. The minimum atomic E-state index is 0.0711. The van der Waals surface area contributed by atoms with Crippen LogP contribution in [0.1, 0.15) is 23.2 Å². The van der Waals surface area contributed by atoms with Crippen molar-refractivity contribution in [3.8, 4) is 11.3 Å². The highest BCUT2D eigenvalue weighted by Gasteiger charge is 2.26. The van der Waals surface area contributed by atoms with Crippen LogP contribution in [0.3, 0.4) is 0 Å². The second-order valence-electron chi connectivity index (χ2n) is 6.71. The summed E-state index contributed by atoms with van der Waals surface area (Å²) in [5, 5.41) is 0.911. The highest BCUT2D eigenvalue weighted by molar-refractivity contribution is 9.10. The first kappa shape index (κ1) is 16.3. The van der Waals surface area contributed by atoms with E-state index in [-0.39, 0.29) is 5.91 Å². The second kappa shape index (κ2) is 6.60. The molecule has 4 heteroatoms. The van der Waals surface area contributed by atoms with Gasteiger partial charge in [-0.05, 0) is 43.0 Å². The normalized spacial score (nSPS) is 13.8. The molecule has 25 heavy (non-hydrogen) atoms. The maximum atomic E-state index is 13.1. The lowest BCUT2D eigenvalue weighted by molar-refractivity contribution is 0.0790. The summed E-state index contributed by atoms with van der Waals surface area (Å²) < 4.78 is 0.999. The molecule has 0 N–H and O–H groups in total. The molecule has 3 aromatic rings. The Kier molecular flexibility index (Phi) is 4.30. The Morgan fingerprint density at radius 2 is 1.96 bits per heavy atom. The molecule has 1 heterocycles. The van der Waals surface area contributed by atoms with E-state index in [1.54, 1.807) is 0 Å². The van der Waals surface area contributed by atoms with Gasteiger partial charge in [-0.3, -0.25) is 4.79 Å². The average molecular weight is 395 g/mol. The van der Waals surface area contributed by atoms with Gasteiger partial charge in [0.2, 0.25) is 0 Å². The zero-order valence-corrected chi connectivity index (χ0v) is 15.7. The molecule has 0 radical (unpaired) electrons. The molecule has 1 saturated carbocycles. The maximum absolute atomic E-state index is 13.1. The van der Waals surface area contributed by atoms with Crippen molar-refractivity contribution >= 4 is 32.7 Å². The molecule has 2 aromatic carbocycles. The summed E-state index contributed by atoms with van der Waals surface area (Å²) in [6, 6.07) is 17.8. The lowest BCUT2D eigenvalue weighted by atomic mass is 10.0. The molecule has 3 nitrogen and oxygen atoms in total. The Labute approximate surface area is 155 Å². The van der Waals surface area contributed by atoms with Gasteiger partial charge in [-0.1, -0.05) is 46.3 Å². The van der Waals surface area contributed by atoms with Crippen molar-refractivity contribution in [2.45, 2.75) is 12.8 Å². The van der Waals surface area contributed by atoms with E-state index in [2.05, 4.69) is 15.9 Å². The standard InChI is InChI=1S/C21H19BrN2O/c1-24(13-14-9-10-14)21(25)18-12-20(15-5-4-6-16(22)11-15)23-19-8-3-2-7-17(18)19/h2-8,11-12,14H,9-10,13H2,1H3. The van der Waals surface area contributed by atoms with Crippen LogP contribution in [0.5, 0.6) is 0 Å². The van der Waals surface area contributed by atoms with Crippen molar-refractivity contribution < 1.29 is 4.79 Å². The van der Waals surface area contributed by atoms with Gasteiger partial charge in [0, 0.05) is 29.0 Å². The monoisotopic (exact) mass is 394 g/mol. The Hall–Kier alpha value is -2.20. The number of carbonyl (C=O) groups excluding carboxylic acids is 1. The molecule has 0 atom stereocenters. The van der Waals surface area contributed by atoms with E-state index < -0.39 is 0 Å². The van der Waals surface area contributed by atoms with Gasteiger partial charge in [-0.2, -0.15) is 0 Å². The highest BCUT2D eigenvalue weighted by atomic mass is 79.9. The summed E-state index contributed by atoms with van der Waals surface area (Å²) in [7, 11) is 1.90. The van der Waals surface area contributed by atoms with Crippen LogP contribution in [-0.4, -0.2) is 29.4 Å². The quantitative estimate of drug-likeness (QED) is 0.613. The van der Waals surface area contributed by atoms with Crippen LogP contribution in [0.2, 0.25) is 0 Å². The van der Waals surface area contributed by atoms with Crippen LogP contribution in [0.4, 0.5) is 0 Å². The van der Waals surface area contributed by atoms with Crippen LogP contribution in [-0.2, 0) is 0 Å². The minimum Gasteiger partial charge on any atom is -0.341 e. The Balaban J connectivity index is 1.82. The van der Waals surface area contributed by atoms with Gasteiger partial charge in [0.1, 0.15) is 0 Å². The lowest BCUT2D eigenvalue weighted by Crippen LogP contribution is -2.29. The molecule has 0 unspecified atom stereocenters. The van der Waals surface area contributed by atoms with Crippen molar-refractivity contribution in [2.75, 3.05) is 13.6 Å². The first-order valence-corrected chi connectivity index (χ1v) is 9.32. The fraction of sp³-hybridized carbons (Fsp3) is 0.238. The first-order chi connectivity index (χ1) is 12.1. The van der Waals surface area contributed by atoms with Gasteiger partial charge < -0.3 is 4.90 Å². The number of para-hydroxylation sites is 1. The van der Waals surface area contributed by atoms with Gasteiger partial charge in [-0.25, -0.2) is 4.98 Å². The third-order valence-electron chi connectivity index (χ3n) is 4.64. The van der Waals surface area contributed by atoms with E-state index in [1.165, 1.54) is 12.8 Å². The van der Waals surface area contributed by atoms with Gasteiger partial charge in [-0.15, -0.1) is 0 Å². The van der Waals surface area contributed by atoms with Gasteiger partial charge in [0.05, 0.1) is 16.8 Å². The number of hydrogen-bond acceptors (Lipinski definition) is 2. The van der Waals surface area contributed by atoms with Crippen molar-refractivity contribution in [2.24, 2.45) is 5.92 Å². The third kappa shape index (κ3) is 3.45. The molecule has 1 fully saturated rings. The van der Waals surface area contributed by atoms with Crippen LogP contribution in [0.15, 0.2) is 59.1 Å².